The average Bonchev–Trinajstić information content (AvgIpc) is 2.94. The standard InChI is InChI=1S/C16H22N4O3S.ClH/c1-11(2)8-13(17)16(21)19-12-9-18-20(10-12)14-6-4-5-7-15(14)24(3,22)23;/h4-7,9-11,13H,8,17H2,1-3H3,(H,19,21);1H/t13-;/m0./s1. The van der Waals surface area contributed by atoms with E-state index in [0.29, 0.717) is 23.7 Å². The summed E-state index contributed by atoms with van der Waals surface area (Å²) in [5.74, 6) is 0.0229. The highest BCUT2D eigenvalue weighted by atomic mass is 35.5. The van der Waals surface area contributed by atoms with Crippen molar-refractivity contribution in [2.24, 2.45) is 11.7 Å². The fraction of sp³-hybridized carbons (Fsp3) is 0.375. The second kappa shape index (κ2) is 8.46. The number of carbonyl (C=O) groups is 1. The lowest BCUT2D eigenvalue weighted by molar-refractivity contribution is -0.117. The molecule has 3 N–H and O–H groups in total. The fourth-order valence-corrected chi connectivity index (χ4v) is 3.20. The minimum Gasteiger partial charge on any atom is -0.322 e. The molecule has 25 heavy (non-hydrogen) atoms. The number of nitrogens with one attached hydrogen (secondary N) is 1. The van der Waals surface area contributed by atoms with Gasteiger partial charge in [0, 0.05) is 6.26 Å². The first-order valence-electron chi connectivity index (χ1n) is 7.59. The summed E-state index contributed by atoms with van der Waals surface area (Å²) in [5, 5.41) is 6.83. The van der Waals surface area contributed by atoms with E-state index >= 15 is 0 Å². The molecule has 0 aliphatic heterocycles. The molecular formula is C16H23ClN4O3S. The molecule has 1 aromatic carbocycles. The molecule has 1 heterocycles. The lowest BCUT2D eigenvalue weighted by atomic mass is 10.0. The van der Waals surface area contributed by atoms with Gasteiger partial charge in [0.05, 0.1) is 34.7 Å². The van der Waals surface area contributed by atoms with Crippen LogP contribution >= 0.6 is 12.4 Å². The van der Waals surface area contributed by atoms with E-state index in [0.717, 1.165) is 6.26 Å². The Balaban J connectivity index is 0.00000312. The van der Waals surface area contributed by atoms with E-state index in [1.54, 1.807) is 24.4 Å². The molecule has 0 radical (unpaired) electrons. The zero-order valence-corrected chi connectivity index (χ0v) is 16.0. The summed E-state index contributed by atoms with van der Waals surface area (Å²) >= 11 is 0. The van der Waals surface area contributed by atoms with E-state index in [2.05, 4.69) is 10.4 Å². The van der Waals surface area contributed by atoms with Gasteiger partial charge in [0.25, 0.3) is 0 Å². The number of hydrogen-bond acceptors (Lipinski definition) is 5. The lowest BCUT2D eigenvalue weighted by Crippen LogP contribution is -2.36. The number of nitrogens with two attached hydrogens (primary N) is 1. The van der Waals surface area contributed by atoms with Gasteiger partial charge in [-0.1, -0.05) is 26.0 Å². The minimum absolute atomic E-state index is 0. The third-order valence-electron chi connectivity index (χ3n) is 3.42. The summed E-state index contributed by atoms with van der Waals surface area (Å²) in [4.78, 5) is 12.2. The van der Waals surface area contributed by atoms with E-state index in [1.165, 1.54) is 16.9 Å². The largest absolute Gasteiger partial charge is 0.322 e. The number of aromatic nitrogens is 2. The number of nitrogens with zero attached hydrogens (tertiary/aromatic N) is 2. The van der Waals surface area contributed by atoms with E-state index < -0.39 is 15.9 Å². The summed E-state index contributed by atoms with van der Waals surface area (Å²) in [6.45, 7) is 3.99. The minimum atomic E-state index is -3.39. The van der Waals surface area contributed by atoms with Crippen molar-refractivity contribution in [1.29, 1.82) is 0 Å². The van der Waals surface area contributed by atoms with Crippen LogP contribution in [0.2, 0.25) is 0 Å². The Morgan fingerprint density at radius 2 is 1.96 bits per heavy atom. The zero-order valence-electron chi connectivity index (χ0n) is 14.3. The number of sulfone groups is 1. The molecule has 1 aromatic heterocycles. The Morgan fingerprint density at radius 1 is 1.32 bits per heavy atom. The van der Waals surface area contributed by atoms with Crippen molar-refractivity contribution in [3.63, 3.8) is 0 Å². The maximum absolute atomic E-state index is 12.1. The Bertz CT molecular complexity index is 833. The molecule has 1 atom stereocenters. The fourth-order valence-electron chi connectivity index (χ4n) is 2.33. The molecule has 2 rings (SSSR count). The molecule has 1 amide bonds. The molecular weight excluding hydrogens is 364 g/mol. The number of benzene rings is 1. The van der Waals surface area contributed by atoms with E-state index in [9.17, 15) is 13.2 Å². The monoisotopic (exact) mass is 386 g/mol. The quantitative estimate of drug-likeness (QED) is 0.789. The van der Waals surface area contributed by atoms with Gasteiger partial charge in [-0.25, -0.2) is 13.1 Å². The van der Waals surface area contributed by atoms with Gasteiger partial charge in [-0.3, -0.25) is 4.79 Å². The number of para-hydroxylation sites is 1. The SMILES string of the molecule is CC(C)C[C@H](N)C(=O)Nc1cnn(-c2ccccc2S(C)(=O)=O)c1.Cl. The molecule has 0 saturated heterocycles. The summed E-state index contributed by atoms with van der Waals surface area (Å²) in [5.41, 5.74) is 6.73. The molecule has 0 unspecified atom stereocenters. The highest BCUT2D eigenvalue weighted by Gasteiger charge is 2.17. The number of anilines is 1. The van der Waals surface area contributed by atoms with Gasteiger partial charge < -0.3 is 11.1 Å². The molecule has 0 aliphatic rings. The smallest absolute Gasteiger partial charge is 0.241 e. The maximum Gasteiger partial charge on any atom is 0.241 e. The summed E-state index contributed by atoms with van der Waals surface area (Å²) in [6.07, 6.45) is 4.74. The Kier molecular flexibility index (Phi) is 7.16. The summed E-state index contributed by atoms with van der Waals surface area (Å²) in [7, 11) is -3.39. The topological polar surface area (TPSA) is 107 Å². The van der Waals surface area contributed by atoms with Crippen LogP contribution in [0.4, 0.5) is 5.69 Å². The maximum atomic E-state index is 12.1. The number of rotatable bonds is 6. The van der Waals surface area contributed by atoms with Gasteiger partial charge in [0.2, 0.25) is 5.91 Å². The molecule has 7 nitrogen and oxygen atoms in total. The molecule has 0 fully saturated rings. The van der Waals surface area contributed by atoms with Crippen molar-refractivity contribution in [2.75, 3.05) is 11.6 Å². The predicted octanol–water partition coefficient (Wildman–Crippen LogP) is 2.01. The Morgan fingerprint density at radius 3 is 2.56 bits per heavy atom. The Hall–Kier alpha value is -1.90. The van der Waals surface area contributed by atoms with E-state index in [-0.39, 0.29) is 23.2 Å². The summed E-state index contributed by atoms with van der Waals surface area (Å²) in [6, 6.07) is 5.94. The van der Waals surface area contributed by atoms with Crippen LogP contribution in [0.3, 0.4) is 0 Å². The molecule has 0 bridgehead atoms. The van der Waals surface area contributed by atoms with E-state index in [1.807, 2.05) is 13.8 Å². The normalized spacial score (nSPS) is 12.5. The van der Waals surface area contributed by atoms with Crippen LogP contribution in [-0.2, 0) is 14.6 Å². The number of halogens is 1. The van der Waals surface area contributed by atoms with Crippen LogP contribution in [0.15, 0.2) is 41.6 Å². The third-order valence-corrected chi connectivity index (χ3v) is 4.57. The summed E-state index contributed by atoms with van der Waals surface area (Å²) < 4.78 is 25.2. The first-order chi connectivity index (χ1) is 11.2. The van der Waals surface area contributed by atoms with Crippen LogP contribution in [0.1, 0.15) is 20.3 Å². The highest BCUT2D eigenvalue weighted by Crippen LogP contribution is 2.20. The first-order valence-corrected chi connectivity index (χ1v) is 9.48. The van der Waals surface area contributed by atoms with Crippen LogP contribution < -0.4 is 11.1 Å². The third kappa shape index (κ3) is 5.55. The zero-order chi connectivity index (χ0) is 17.9. The van der Waals surface area contributed by atoms with Gasteiger partial charge >= 0.3 is 0 Å². The average molecular weight is 387 g/mol. The van der Waals surface area contributed by atoms with Gasteiger partial charge in [-0.2, -0.15) is 5.10 Å². The second-order valence-electron chi connectivity index (χ2n) is 6.14. The van der Waals surface area contributed by atoms with Crippen LogP contribution in [0.25, 0.3) is 5.69 Å². The number of amides is 1. The van der Waals surface area contributed by atoms with Gasteiger partial charge in [0.1, 0.15) is 0 Å². The van der Waals surface area contributed by atoms with Gasteiger partial charge in [-0.05, 0) is 24.5 Å². The van der Waals surface area contributed by atoms with Gasteiger partial charge in [0.15, 0.2) is 9.84 Å². The molecule has 0 saturated carbocycles. The van der Waals surface area contributed by atoms with Crippen molar-refractivity contribution >= 4 is 33.8 Å². The van der Waals surface area contributed by atoms with Crippen molar-refractivity contribution in [3.05, 3.63) is 36.7 Å². The predicted molar refractivity (Wildman–Crippen MR) is 100.0 cm³/mol. The molecule has 138 valence electrons. The van der Waals surface area contributed by atoms with Crippen LogP contribution in [0.5, 0.6) is 0 Å². The van der Waals surface area contributed by atoms with Gasteiger partial charge in [-0.15, -0.1) is 12.4 Å². The highest BCUT2D eigenvalue weighted by molar-refractivity contribution is 7.90. The lowest BCUT2D eigenvalue weighted by Gasteiger charge is -2.13. The second-order valence-corrected chi connectivity index (χ2v) is 8.12. The van der Waals surface area contributed by atoms with Crippen molar-refractivity contribution in [3.8, 4) is 5.69 Å². The molecule has 9 heteroatoms. The first kappa shape index (κ1) is 21.1. The molecule has 0 spiro atoms. The number of hydrogen-bond donors (Lipinski definition) is 2. The number of carbonyl (C=O) groups excluding carboxylic acids is 1. The van der Waals surface area contributed by atoms with Crippen molar-refractivity contribution in [1.82, 2.24) is 9.78 Å². The van der Waals surface area contributed by atoms with E-state index in [4.69, 9.17) is 5.73 Å². The van der Waals surface area contributed by atoms with Crippen molar-refractivity contribution in [2.45, 2.75) is 31.2 Å². The molecule has 0 aliphatic carbocycles. The van der Waals surface area contributed by atoms with Crippen molar-refractivity contribution < 1.29 is 13.2 Å². The molecule has 2 aromatic rings. The Labute approximate surface area is 153 Å². The van der Waals surface area contributed by atoms with Crippen LogP contribution in [-0.4, -0.2) is 36.4 Å². The van der Waals surface area contributed by atoms with Crippen LogP contribution in [0, 0.1) is 5.92 Å².